The Balaban J connectivity index is 1.68. The van der Waals surface area contributed by atoms with Crippen molar-refractivity contribution >= 4 is 39.8 Å². The third kappa shape index (κ3) is 3.73. The maximum Gasteiger partial charge on any atom is 0.196 e. The number of aliphatic hydroxyl groups excluding tert-OH is 1. The molecule has 1 unspecified atom stereocenters. The Kier molecular flexibility index (Phi) is 5.30. The Morgan fingerprint density at radius 1 is 1.38 bits per heavy atom. The Bertz CT molecular complexity index is 1120. The van der Waals surface area contributed by atoms with Gasteiger partial charge in [-0.25, -0.2) is 20.8 Å². The summed E-state index contributed by atoms with van der Waals surface area (Å²) in [5.74, 6) is 7.23. The SMILES string of the molecule is C=Nc1ncc(-c2cnn(CCO)c2)nc1N(N)C(C)c1cc2cnccc2s1. The summed E-state index contributed by atoms with van der Waals surface area (Å²) in [7, 11) is 0. The van der Waals surface area contributed by atoms with Crippen molar-refractivity contribution in [3.63, 3.8) is 0 Å². The van der Waals surface area contributed by atoms with E-state index in [2.05, 4.69) is 37.8 Å². The molecular formula is C19H20N8OS. The molecule has 0 fully saturated rings. The number of pyridine rings is 1. The number of aromatic nitrogens is 5. The quantitative estimate of drug-likeness (QED) is 0.274. The number of anilines is 1. The van der Waals surface area contributed by atoms with Crippen molar-refractivity contribution in [3.05, 3.63) is 48.0 Å². The predicted octanol–water partition coefficient (Wildman–Crippen LogP) is 2.72. The van der Waals surface area contributed by atoms with E-state index in [-0.39, 0.29) is 12.6 Å². The van der Waals surface area contributed by atoms with Crippen LogP contribution in [0.4, 0.5) is 11.6 Å². The van der Waals surface area contributed by atoms with Crippen molar-refractivity contribution in [3.8, 4) is 11.3 Å². The molecule has 0 aliphatic heterocycles. The lowest BCUT2D eigenvalue weighted by atomic mass is 10.2. The van der Waals surface area contributed by atoms with E-state index in [0.717, 1.165) is 20.5 Å². The molecule has 0 radical (unpaired) electrons. The lowest BCUT2D eigenvalue weighted by Gasteiger charge is -2.25. The first-order chi connectivity index (χ1) is 14.1. The fourth-order valence-corrected chi connectivity index (χ4v) is 4.03. The van der Waals surface area contributed by atoms with Gasteiger partial charge in [0.05, 0.1) is 37.3 Å². The Morgan fingerprint density at radius 2 is 2.24 bits per heavy atom. The van der Waals surface area contributed by atoms with Crippen molar-refractivity contribution in [2.24, 2.45) is 10.8 Å². The molecule has 0 bridgehead atoms. The standard InChI is InChI=1S/C19H20N8OS/c1-12(17-7-13-8-22-4-3-16(13)29-17)27(20)19-18(21-2)23-10-15(25-19)14-9-24-26(11-14)5-6-28/h3-4,7-12,28H,2,5-6,20H2,1H3. The lowest BCUT2D eigenvalue weighted by Crippen LogP contribution is -2.34. The first kappa shape index (κ1) is 19.1. The minimum atomic E-state index is -0.158. The predicted molar refractivity (Wildman–Crippen MR) is 114 cm³/mol. The second kappa shape index (κ2) is 8.03. The third-order valence-corrected chi connectivity index (χ3v) is 5.84. The van der Waals surface area contributed by atoms with E-state index >= 15 is 0 Å². The van der Waals surface area contributed by atoms with Crippen molar-refractivity contribution < 1.29 is 5.11 Å². The highest BCUT2D eigenvalue weighted by Crippen LogP contribution is 2.35. The molecule has 29 heavy (non-hydrogen) atoms. The molecule has 1 atom stereocenters. The summed E-state index contributed by atoms with van der Waals surface area (Å²) < 4.78 is 2.79. The van der Waals surface area contributed by atoms with Gasteiger partial charge in [0.1, 0.15) is 0 Å². The van der Waals surface area contributed by atoms with Crippen LogP contribution in [0.2, 0.25) is 0 Å². The Hall–Kier alpha value is -3.21. The van der Waals surface area contributed by atoms with Crippen LogP contribution in [0, 0.1) is 0 Å². The number of hydrazine groups is 1. The maximum atomic E-state index is 9.07. The zero-order chi connectivity index (χ0) is 20.4. The largest absolute Gasteiger partial charge is 0.394 e. The van der Waals surface area contributed by atoms with Gasteiger partial charge in [0.15, 0.2) is 11.6 Å². The number of fused-ring (bicyclic) bond motifs is 1. The first-order valence-corrected chi connectivity index (χ1v) is 9.77. The molecule has 9 nitrogen and oxygen atoms in total. The van der Waals surface area contributed by atoms with Gasteiger partial charge in [0, 0.05) is 39.1 Å². The monoisotopic (exact) mass is 408 g/mol. The zero-order valence-electron chi connectivity index (χ0n) is 15.8. The van der Waals surface area contributed by atoms with Gasteiger partial charge in [-0.2, -0.15) is 5.10 Å². The second-order valence-electron chi connectivity index (χ2n) is 6.42. The van der Waals surface area contributed by atoms with Gasteiger partial charge in [0.25, 0.3) is 0 Å². The van der Waals surface area contributed by atoms with E-state index in [1.807, 2.05) is 19.2 Å². The highest BCUT2D eigenvalue weighted by Gasteiger charge is 2.21. The van der Waals surface area contributed by atoms with Gasteiger partial charge in [-0.05, 0) is 25.8 Å². The fraction of sp³-hybridized carbons (Fsp3) is 0.211. The number of nitrogens with two attached hydrogens (primary N) is 1. The Labute approximate surface area is 171 Å². The molecule has 0 aliphatic carbocycles. The molecule has 0 saturated carbocycles. The second-order valence-corrected chi connectivity index (χ2v) is 7.54. The smallest absolute Gasteiger partial charge is 0.196 e. The minimum Gasteiger partial charge on any atom is -0.394 e. The highest BCUT2D eigenvalue weighted by atomic mass is 32.1. The van der Waals surface area contributed by atoms with Crippen LogP contribution in [0.15, 0.2) is 48.1 Å². The molecule has 4 aromatic heterocycles. The van der Waals surface area contributed by atoms with Crippen molar-refractivity contribution in [1.82, 2.24) is 24.7 Å². The van der Waals surface area contributed by atoms with Gasteiger partial charge in [-0.1, -0.05) is 0 Å². The van der Waals surface area contributed by atoms with Crippen LogP contribution in [0.1, 0.15) is 17.8 Å². The molecule has 0 saturated heterocycles. The molecule has 4 aromatic rings. The number of hydrogen-bond donors (Lipinski definition) is 2. The third-order valence-electron chi connectivity index (χ3n) is 4.55. The summed E-state index contributed by atoms with van der Waals surface area (Å²) in [6.07, 6.45) is 8.70. The highest BCUT2D eigenvalue weighted by molar-refractivity contribution is 7.19. The normalized spacial score (nSPS) is 12.2. The van der Waals surface area contributed by atoms with Crippen molar-refractivity contribution in [2.75, 3.05) is 11.6 Å². The number of rotatable bonds is 7. The zero-order valence-corrected chi connectivity index (χ0v) is 16.6. The number of aliphatic imine (C=N–C) groups is 1. The summed E-state index contributed by atoms with van der Waals surface area (Å²) in [4.78, 5) is 18.3. The fourth-order valence-electron chi connectivity index (χ4n) is 2.95. The number of hydrogen-bond acceptors (Lipinski definition) is 9. The molecular weight excluding hydrogens is 388 g/mol. The van der Waals surface area contributed by atoms with Crippen LogP contribution in [0.3, 0.4) is 0 Å². The summed E-state index contributed by atoms with van der Waals surface area (Å²) in [6.45, 7) is 6.01. The average Bonchev–Trinajstić information content (AvgIpc) is 3.39. The summed E-state index contributed by atoms with van der Waals surface area (Å²) in [5, 5.41) is 15.9. The first-order valence-electron chi connectivity index (χ1n) is 8.95. The van der Waals surface area contributed by atoms with E-state index in [9.17, 15) is 0 Å². The van der Waals surface area contributed by atoms with Crippen LogP contribution in [0.5, 0.6) is 0 Å². The van der Waals surface area contributed by atoms with E-state index < -0.39 is 0 Å². The number of aliphatic hydroxyl groups is 1. The van der Waals surface area contributed by atoms with Crippen LogP contribution in [-0.2, 0) is 6.54 Å². The van der Waals surface area contributed by atoms with Crippen LogP contribution in [-0.4, -0.2) is 43.2 Å². The molecule has 4 rings (SSSR count). The molecule has 0 aromatic carbocycles. The van der Waals surface area contributed by atoms with Gasteiger partial charge in [0.2, 0.25) is 0 Å². The molecule has 0 aliphatic rings. The summed E-state index contributed by atoms with van der Waals surface area (Å²) >= 11 is 1.66. The molecule has 10 heteroatoms. The molecule has 3 N–H and O–H groups in total. The van der Waals surface area contributed by atoms with Crippen LogP contribution in [0.25, 0.3) is 21.3 Å². The molecule has 4 heterocycles. The maximum absolute atomic E-state index is 9.07. The topological polar surface area (TPSA) is 118 Å². The van der Waals surface area contributed by atoms with Gasteiger partial charge in [-0.15, -0.1) is 11.3 Å². The van der Waals surface area contributed by atoms with Gasteiger partial charge < -0.3 is 5.11 Å². The number of nitrogens with zero attached hydrogens (tertiary/aromatic N) is 7. The minimum absolute atomic E-state index is 0.0101. The average molecular weight is 408 g/mol. The summed E-state index contributed by atoms with van der Waals surface area (Å²) in [6, 6.07) is 3.90. The number of thiophene rings is 1. The lowest BCUT2D eigenvalue weighted by molar-refractivity contribution is 0.269. The van der Waals surface area contributed by atoms with Crippen molar-refractivity contribution in [2.45, 2.75) is 19.5 Å². The molecule has 0 amide bonds. The van der Waals surface area contributed by atoms with Gasteiger partial charge in [-0.3, -0.25) is 14.7 Å². The van der Waals surface area contributed by atoms with E-state index in [0.29, 0.717) is 23.9 Å². The van der Waals surface area contributed by atoms with E-state index in [1.165, 1.54) is 0 Å². The van der Waals surface area contributed by atoms with Crippen LogP contribution >= 0.6 is 11.3 Å². The van der Waals surface area contributed by atoms with E-state index in [1.54, 1.807) is 45.8 Å². The Morgan fingerprint density at radius 3 is 3.00 bits per heavy atom. The molecule has 148 valence electrons. The van der Waals surface area contributed by atoms with Crippen molar-refractivity contribution in [1.29, 1.82) is 0 Å². The summed E-state index contributed by atoms with van der Waals surface area (Å²) in [5.41, 5.74) is 1.39. The van der Waals surface area contributed by atoms with Gasteiger partial charge >= 0.3 is 0 Å². The van der Waals surface area contributed by atoms with E-state index in [4.69, 9.17) is 10.9 Å². The molecule has 0 spiro atoms. The van der Waals surface area contributed by atoms with Crippen LogP contribution < -0.4 is 10.9 Å².